The molecule has 136 valence electrons. The van der Waals surface area contributed by atoms with Gasteiger partial charge in [0.1, 0.15) is 12.4 Å². The smallest absolute Gasteiger partial charge is 0.251 e. The van der Waals surface area contributed by atoms with Crippen molar-refractivity contribution in [3.05, 3.63) is 47.7 Å². The summed E-state index contributed by atoms with van der Waals surface area (Å²) in [5.74, 6) is 0.472. The number of rotatable bonds is 8. The highest BCUT2D eigenvalue weighted by atomic mass is 16.5. The molecule has 2 aromatic rings. The first-order valence-electron chi connectivity index (χ1n) is 8.39. The Balaban J connectivity index is 2.11. The highest BCUT2D eigenvalue weighted by Gasteiger charge is 2.21. The van der Waals surface area contributed by atoms with E-state index in [0.717, 1.165) is 11.3 Å². The van der Waals surface area contributed by atoms with Crippen LogP contribution in [0.4, 0.5) is 5.82 Å². The van der Waals surface area contributed by atoms with Crippen LogP contribution in [0, 0.1) is 0 Å². The molecule has 0 bridgehead atoms. The van der Waals surface area contributed by atoms with Gasteiger partial charge in [-0.25, -0.2) is 4.68 Å². The number of nitrogens with zero attached hydrogens (tertiary/aromatic N) is 2. The van der Waals surface area contributed by atoms with Gasteiger partial charge in [0.15, 0.2) is 0 Å². The molecule has 2 rings (SSSR count). The second kappa shape index (κ2) is 8.78. The number of methoxy groups -OCH3 is 1. The monoisotopic (exact) mass is 345 g/mol. The number of aromatic nitrogens is 2. The van der Waals surface area contributed by atoms with Crippen molar-refractivity contribution in [2.24, 2.45) is 0 Å². The third-order valence-electron chi connectivity index (χ3n) is 3.66. The molecule has 1 aromatic carbocycles. The lowest BCUT2D eigenvalue weighted by molar-refractivity contribution is -0.121. The van der Waals surface area contributed by atoms with Gasteiger partial charge >= 0.3 is 0 Å². The van der Waals surface area contributed by atoms with Crippen LogP contribution in [-0.2, 0) is 26.2 Å². The normalized spacial score (nSPS) is 11.5. The zero-order valence-corrected chi connectivity index (χ0v) is 15.4. The fourth-order valence-corrected chi connectivity index (χ4v) is 2.25. The van der Waals surface area contributed by atoms with E-state index in [1.165, 1.54) is 0 Å². The Morgan fingerprint density at radius 2 is 1.92 bits per heavy atom. The average Bonchev–Trinajstić information content (AvgIpc) is 2.95. The summed E-state index contributed by atoms with van der Waals surface area (Å²) < 4.78 is 12.0. The Morgan fingerprint density at radius 3 is 2.56 bits per heavy atom. The maximum Gasteiger partial charge on any atom is 0.251 e. The SMILES string of the molecule is COCCOCC(=O)Nc1cc(C(C)(C)C)nn1Cc1ccccc1. The maximum atomic E-state index is 12.1. The molecule has 0 saturated carbocycles. The lowest BCUT2D eigenvalue weighted by Crippen LogP contribution is -2.21. The number of anilines is 1. The molecule has 1 amide bonds. The molecular weight excluding hydrogens is 318 g/mol. The Morgan fingerprint density at radius 1 is 1.20 bits per heavy atom. The Hall–Kier alpha value is -2.18. The van der Waals surface area contributed by atoms with Crippen molar-refractivity contribution in [3.8, 4) is 0 Å². The van der Waals surface area contributed by atoms with Crippen molar-refractivity contribution in [1.82, 2.24) is 9.78 Å². The first-order chi connectivity index (χ1) is 11.9. The number of ether oxygens (including phenoxy) is 2. The van der Waals surface area contributed by atoms with Crippen molar-refractivity contribution in [3.63, 3.8) is 0 Å². The molecule has 6 nitrogen and oxygen atoms in total. The lowest BCUT2D eigenvalue weighted by Gasteiger charge is -2.14. The summed E-state index contributed by atoms with van der Waals surface area (Å²) in [6.45, 7) is 7.74. The van der Waals surface area contributed by atoms with Crippen LogP contribution in [-0.4, -0.2) is 42.6 Å². The fourth-order valence-electron chi connectivity index (χ4n) is 2.25. The number of benzene rings is 1. The van der Waals surface area contributed by atoms with Crippen LogP contribution >= 0.6 is 0 Å². The van der Waals surface area contributed by atoms with Gasteiger partial charge in [0.2, 0.25) is 0 Å². The number of carbonyl (C=O) groups excluding carboxylic acids is 1. The molecule has 0 atom stereocenters. The van der Waals surface area contributed by atoms with E-state index in [1.54, 1.807) is 7.11 Å². The second-order valence-electron chi connectivity index (χ2n) is 6.90. The molecule has 0 radical (unpaired) electrons. The van der Waals surface area contributed by atoms with Gasteiger partial charge in [0.05, 0.1) is 25.5 Å². The zero-order valence-electron chi connectivity index (χ0n) is 15.4. The molecule has 0 aliphatic rings. The van der Waals surface area contributed by atoms with Gasteiger partial charge in [-0.15, -0.1) is 0 Å². The molecule has 0 unspecified atom stereocenters. The number of nitrogens with one attached hydrogen (secondary N) is 1. The van der Waals surface area contributed by atoms with E-state index in [4.69, 9.17) is 9.47 Å². The molecule has 0 spiro atoms. The predicted molar refractivity (Wildman–Crippen MR) is 97.8 cm³/mol. The van der Waals surface area contributed by atoms with Crippen molar-refractivity contribution >= 4 is 11.7 Å². The molecule has 0 fully saturated rings. The van der Waals surface area contributed by atoms with Crippen molar-refractivity contribution in [2.45, 2.75) is 32.7 Å². The van der Waals surface area contributed by atoms with Crippen LogP contribution < -0.4 is 5.32 Å². The van der Waals surface area contributed by atoms with Crippen LogP contribution in [0.25, 0.3) is 0 Å². The van der Waals surface area contributed by atoms with E-state index < -0.39 is 0 Å². The molecule has 25 heavy (non-hydrogen) atoms. The number of amides is 1. The van der Waals surface area contributed by atoms with Crippen LogP contribution in [0.2, 0.25) is 0 Å². The molecule has 6 heteroatoms. The molecule has 0 saturated heterocycles. The number of hydrogen-bond donors (Lipinski definition) is 1. The fraction of sp³-hybridized carbons (Fsp3) is 0.474. The minimum atomic E-state index is -0.203. The zero-order chi connectivity index (χ0) is 18.3. The first-order valence-corrected chi connectivity index (χ1v) is 8.39. The third-order valence-corrected chi connectivity index (χ3v) is 3.66. The minimum absolute atomic E-state index is 0.00920. The van der Waals surface area contributed by atoms with E-state index in [1.807, 2.05) is 41.1 Å². The van der Waals surface area contributed by atoms with E-state index >= 15 is 0 Å². The van der Waals surface area contributed by atoms with Gasteiger partial charge in [-0.3, -0.25) is 4.79 Å². The van der Waals surface area contributed by atoms with Gasteiger partial charge < -0.3 is 14.8 Å². The van der Waals surface area contributed by atoms with Gasteiger partial charge in [0.25, 0.3) is 5.91 Å². The van der Waals surface area contributed by atoms with Crippen molar-refractivity contribution in [1.29, 1.82) is 0 Å². The predicted octanol–water partition coefficient (Wildman–Crippen LogP) is 2.83. The second-order valence-corrected chi connectivity index (χ2v) is 6.90. The van der Waals surface area contributed by atoms with Crippen LogP contribution in [0.1, 0.15) is 32.0 Å². The Labute approximate surface area is 149 Å². The molecule has 0 aliphatic carbocycles. The van der Waals surface area contributed by atoms with E-state index in [-0.39, 0.29) is 17.9 Å². The van der Waals surface area contributed by atoms with Gasteiger partial charge in [-0.2, -0.15) is 5.10 Å². The largest absolute Gasteiger partial charge is 0.382 e. The van der Waals surface area contributed by atoms with Crippen molar-refractivity contribution < 1.29 is 14.3 Å². The summed E-state index contributed by atoms with van der Waals surface area (Å²) in [6, 6.07) is 12.0. The molecule has 0 aliphatic heterocycles. The number of hydrogen-bond acceptors (Lipinski definition) is 4. The summed E-state index contributed by atoms with van der Waals surface area (Å²) in [5, 5.41) is 7.58. The summed E-state index contributed by atoms with van der Waals surface area (Å²) >= 11 is 0. The average molecular weight is 345 g/mol. The molecular formula is C19H27N3O3. The van der Waals surface area contributed by atoms with E-state index in [0.29, 0.717) is 25.6 Å². The maximum absolute atomic E-state index is 12.1. The van der Waals surface area contributed by atoms with Gasteiger partial charge in [0, 0.05) is 18.6 Å². The van der Waals surface area contributed by atoms with Crippen molar-refractivity contribution in [2.75, 3.05) is 32.2 Å². The van der Waals surface area contributed by atoms with E-state index in [2.05, 4.69) is 31.2 Å². The summed E-state index contributed by atoms with van der Waals surface area (Å²) in [7, 11) is 1.60. The summed E-state index contributed by atoms with van der Waals surface area (Å²) in [5.41, 5.74) is 1.95. The first kappa shape index (κ1) is 19.1. The van der Waals surface area contributed by atoms with Crippen LogP contribution in [0.5, 0.6) is 0 Å². The van der Waals surface area contributed by atoms with Crippen LogP contribution in [0.15, 0.2) is 36.4 Å². The Kier molecular flexibility index (Phi) is 6.73. The molecule has 1 N–H and O–H groups in total. The summed E-state index contributed by atoms with van der Waals surface area (Å²) in [4.78, 5) is 12.1. The highest BCUT2D eigenvalue weighted by Crippen LogP contribution is 2.24. The minimum Gasteiger partial charge on any atom is -0.382 e. The standard InChI is InChI=1S/C19H27N3O3/c1-19(2,3)16-12-17(20-18(23)14-25-11-10-24-4)22(21-16)13-15-8-6-5-7-9-15/h5-9,12H,10-11,13-14H2,1-4H3,(H,20,23). The highest BCUT2D eigenvalue weighted by molar-refractivity contribution is 5.91. The Bertz CT molecular complexity index is 675. The van der Waals surface area contributed by atoms with Crippen LogP contribution in [0.3, 0.4) is 0 Å². The molecule has 1 aromatic heterocycles. The molecule has 1 heterocycles. The third kappa shape index (κ3) is 5.99. The van der Waals surface area contributed by atoms with Gasteiger partial charge in [-0.1, -0.05) is 51.1 Å². The topological polar surface area (TPSA) is 65.4 Å². The van der Waals surface area contributed by atoms with E-state index in [9.17, 15) is 4.79 Å². The van der Waals surface area contributed by atoms with Gasteiger partial charge in [-0.05, 0) is 5.56 Å². The summed E-state index contributed by atoms with van der Waals surface area (Å²) in [6.07, 6.45) is 0. The lowest BCUT2D eigenvalue weighted by atomic mass is 9.92. The quantitative estimate of drug-likeness (QED) is 0.747. The number of carbonyl (C=O) groups is 1.